The van der Waals surface area contributed by atoms with Gasteiger partial charge in [-0.15, -0.1) is 0 Å². The standard InChI is InChI=1S/C14H26N4O/c1-4-6-7-8-9-10(3)16-14(19)13-12(15)11(5-2)17-18-13/h10H,4-9,15H2,1-3H3,(H,16,19)(H,17,18). The van der Waals surface area contributed by atoms with Crippen molar-refractivity contribution in [3.8, 4) is 0 Å². The van der Waals surface area contributed by atoms with Crippen molar-refractivity contribution in [1.82, 2.24) is 15.5 Å². The summed E-state index contributed by atoms with van der Waals surface area (Å²) in [4.78, 5) is 12.0. The van der Waals surface area contributed by atoms with E-state index in [1.165, 1.54) is 19.3 Å². The smallest absolute Gasteiger partial charge is 0.274 e. The first-order valence-electron chi connectivity index (χ1n) is 7.23. The average molecular weight is 266 g/mol. The summed E-state index contributed by atoms with van der Waals surface area (Å²) in [7, 11) is 0. The van der Waals surface area contributed by atoms with Gasteiger partial charge in [0.25, 0.3) is 5.91 Å². The molecule has 1 atom stereocenters. The molecule has 0 aliphatic carbocycles. The van der Waals surface area contributed by atoms with Gasteiger partial charge in [0.2, 0.25) is 0 Å². The summed E-state index contributed by atoms with van der Waals surface area (Å²) in [6.45, 7) is 6.19. The molecule has 0 aromatic carbocycles. The highest BCUT2D eigenvalue weighted by Crippen LogP contribution is 2.14. The Kier molecular flexibility index (Phi) is 6.39. The molecule has 1 heterocycles. The van der Waals surface area contributed by atoms with Gasteiger partial charge >= 0.3 is 0 Å². The molecular weight excluding hydrogens is 240 g/mol. The van der Waals surface area contributed by atoms with Crippen molar-refractivity contribution in [3.05, 3.63) is 11.4 Å². The second-order valence-corrected chi connectivity index (χ2v) is 5.04. The van der Waals surface area contributed by atoms with Crippen LogP contribution in [0.3, 0.4) is 0 Å². The molecule has 5 heteroatoms. The molecule has 19 heavy (non-hydrogen) atoms. The SMILES string of the molecule is CCCCCCC(C)NC(=O)c1n[nH]c(CC)c1N. The van der Waals surface area contributed by atoms with Crippen LogP contribution in [0.25, 0.3) is 0 Å². The number of hydrogen-bond donors (Lipinski definition) is 3. The molecule has 0 spiro atoms. The maximum Gasteiger partial charge on any atom is 0.274 e. The van der Waals surface area contributed by atoms with Gasteiger partial charge in [-0.25, -0.2) is 0 Å². The molecule has 5 nitrogen and oxygen atoms in total. The normalized spacial score (nSPS) is 12.4. The third kappa shape index (κ3) is 4.58. The van der Waals surface area contributed by atoms with Crippen LogP contribution >= 0.6 is 0 Å². The van der Waals surface area contributed by atoms with Gasteiger partial charge in [0.05, 0.1) is 11.4 Å². The predicted octanol–water partition coefficient (Wildman–Crippen LogP) is 2.64. The van der Waals surface area contributed by atoms with Gasteiger partial charge < -0.3 is 11.1 Å². The van der Waals surface area contributed by atoms with Crippen molar-refractivity contribution in [2.45, 2.75) is 65.3 Å². The zero-order valence-electron chi connectivity index (χ0n) is 12.3. The number of nitrogens with two attached hydrogens (primary N) is 1. The van der Waals surface area contributed by atoms with Gasteiger partial charge in [-0.1, -0.05) is 39.5 Å². The van der Waals surface area contributed by atoms with Crippen molar-refractivity contribution >= 4 is 11.6 Å². The molecule has 0 saturated carbocycles. The van der Waals surface area contributed by atoms with E-state index in [4.69, 9.17) is 5.73 Å². The minimum Gasteiger partial charge on any atom is -0.395 e. The highest BCUT2D eigenvalue weighted by molar-refractivity contribution is 5.97. The number of carbonyl (C=O) groups is 1. The van der Waals surface area contributed by atoms with Crippen molar-refractivity contribution in [2.75, 3.05) is 5.73 Å². The largest absolute Gasteiger partial charge is 0.395 e. The molecule has 0 aliphatic heterocycles. The molecule has 0 bridgehead atoms. The van der Waals surface area contributed by atoms with E-state index in [0.717, 1.165) is 25.0 Å². The van der Waals surface area contributed by atoms with Gasteiger partial charge in [-0.3, -0.25) is 9.89 Å². The van der Waals surface area contributed by atoms with Crippen molar-refractivity contribution in [2.24, 2.45) is 0 Å². The molecule has 1 rings (SSSR count). The van der Waals surface area contributed by atoms with Crippen LogP contribution in [0.5, 0.6) is 0 Å². The molecule has 1 amide bonds. The lowest BCUT2D eigenvalue weighted by Gasteiger charge is -2.12. The molecule has 1 unspecified atom stereocenters. The minimum atomic E-state index is -0.184. The lowest BCUT2D eigenvalue weighted by Crippen LogP contribution is -2.33. The van der Waals surface area contributed by atoms with Gasteiger partial charge in [0.15, 0.2) is 5.69 Å². The Balaban J connectivity index is 2.43. The van der Waals surface area contributed by atoms with Crippen LogP contribution in [0.2, 0.25) is 0 Å². The number of amides is 1. The van der Waals surface area contributed by atoms with E-state index in [1.807, 2.05) is 13.8 Å². The van der Waals surface area contributed by atoms with Crippen molar-refractivity contribution < 1.29 is 4.79 Å². The molecule has 0 aliphatic rings. The summed E-state index contributed by atoms with van der Waals surface area (Å²) in [5.41, 5.74) is 7.48. The number of nitrogens with zero attached hydrogens (tertiary/aromatic N) is 1. The minimum absolute atomic E-state index is 0.158. The Labute approximate surface area is 115 Å². The number of aromatic nitrogens is 2. The third-order valence-corrected chi connectivity index (χ3v) is 3.32. The van der Waals surface area contributed by atoms with E-state index in [0.29, 0.717) is 11.4 Å². The number of carbonyl (C=O) groups excluding carboxylic acids is 1. The molecule has 4 N–H and O–H groups in total. The van der Waals surface area contributed by atoms with E-state index in [-0.39, 0.29) is 11.9 Å². The lowest BCUT2D eigenvalue weighted by atomic mass is 10.1. The summed E-state index contributed by atoms with van der Waals surface area (Å²) in [5, 5.41) is 9.74. The van der Waals surface area contributed by atoms with E-state index in [9.17, 15) is 4.79 Å². The summed E-state index contributed by atoms with van der Waals surface area (Å²) in [5.74, 6) is -0.184. The Morgan fingerprint density at radius 1 is 1.37 bits per heavy atom. The van der Waals surface area contributed by atoms with Crippen LogP contribution in [0.15, 0.2) is 0 Å². The van der Waals surface area contributed by atoms with Gasteiger partial charge in [-0.05, 0) is 19.8 Å². The second-order valence-electron chi connectivity index (χ2n) is 5.04. The predicted molar refractivity (Wildman–Crippen MR) is 78.1 cm³/mol. The molecule has 0 fully saturated rings. The number of hydrogen-bond acceptors (Lipinski definition) is 3. The lowest BCUT2D eigenvalue weighted by molar-refractivity contribution is 0.0933. The molecule has 0 radical (unpaired) electrons. The number of aryl methyl sites for hydroxylation is 1. The van der Waals surface area contributed by atoms with E-state index >= 15 is 0 Å². The average Bonchev–Trinajstić information content (AvgIpc) is 2.76. The van der Waals surface area contributed by atoms with Crippen molar-refractivity contribution in [3.63, 3.8) is 0 Å². The van der Waals surface area contributed by atoms with Crippen LogP contribution in [-0.4, -0.2) is 22.1 Å². The number of aromatic amines is 1. The number of anilines is 1. The molecule has 108 valence electrons. The summed E-state index contributed by atoms with van der Waals surface area (Å²) in [6.07, 6.45) is 6.60. The first kappa shape index (κ1) is 15.5. The van der Waals surface area contributed by atoms with Crippen LogP contribution in [-0.2, 0) is 6.42 Å². The first-order chi connectivity index (χ1) is 9.10. The second kappa shape index (κ2) is 7.81. The van der Waals surface area contributed by atoms with Gasteiger partial charge in [0, 0.05) is 6.04 Å². The third-order valence-electron chi connectivity index (χ3n) is 3.32. The van der Waals surface area contributed by atoms with E-state index in [2.05, 4.69) is 22.4 Å². The maximum atomic E-state index is 12.0. The number of nitrogen functional groups attached to an aromatic ring is 1. The highest BCUT2D eigenvalue weighted by Gasteiger charge is 2.17. The number of rotatable bonds is 8. The van der Waals surface area contributed by atoms with E-state index < -0.39 is 0 Å². The molecule has 1 aromatic rings. The van der Waals surface area contributed by atoms with Crippen LogP contribution in [0.1, 0.15) is 69.1 Å². The number of H-pyrrole nitrogens is 1. The molecule has 0 saturated heterocycles. The summed E-state index contributed by atoms with van der Waals surface area (Å²) >= 11 is 0. The monoisotopic (exact) mass is 266 g/mol. The van der Waals surface area contributed by atoms with Crippen molar-refractivity contribution in [1.29, 1.82) is 0 Å². The number of nitrogens with one attached hydrogen (secondary N) is 2. The Morgan fingerprint density at radius 3 is 2.68 bits per heavy atom. The van der Waals surface area contributed by atoms with E-state index in [1.54, 1.807) is 0 Å². The highest BCUT2D eigenvalue weighted by atomic mass is 16.2. The Bertz CT molecular complexity index is 400. The summed E-state index contributed by atoms with van der Waals surface area (Å²) < 4.78 is 0. The fraction of sp³-hybridized carbons (Fsp3) is 0.714. The topological polar surface area (TPSA) is 83.8 Å². The van der Waals surface area contributed by atoms with Gasteiger partial charge in [0.1, 0.15) is 0 Å². The summed E-state index contributed by atoms with van der Waals surface area (Å²) in [6, 6.07) is 0.158. The molecule has 1 aromatic heterocycles. The van der Waals surface area contributed by atoms with Crippen LogP contribution in [0.4, 0.5) is 5.69 Å². The fourth-order valence-corrected chi connectivity index (χ4v) is 2.07. The zero-order valence-corrected chi connectivity index (χ0v) is 12.3. The molecular formula is C14H26N4O. The maximum absolute atomic E-state index is 12.0. The Morgan fingerprint density at radius 2 is 2.11 bits per heavy atom. The van der Waals surface area contributed by atoms with Gasteiger partial charge in [-0.2, -0.15) is 5.10 Å². The zero-order chi connectivity index (χ0) is 14.3. The fourth-order valence-electron chi connectivity index (χ4n) is 2.07. The van der Waals surface area contributed by atoms with Crippen LogP contribution in [0, 0.1) is 0 Å². The quantitative estimate of drug-likeness (QED) is 0.632. The Hall–Kier alpha value is -1.52. The number of unbranched alkanes of at least 4 members (excludes halogenated alkanes) is 3. The van der Waals surface area contributed by atoms with Crippen LogP contribution < -0.4 is 11.1 Å². The first-order valence-corrected chi connectivity index (χ1v) is 7.23.